The van der Waals surface area contributed by atoms with E-state index in [4.69, 9.17) is 9.82 Å². The molecule has 4 rings (SSSR count). The fraction of sp³-hybridized carbons (Fsp3) is 0.480. The molecular weight excluding hydrogens is 460 g/mol. The molecule has 0 unspecified atom stereocenters. The number of hydrogen-bond acceptors (Lipinski definition) is 7. The SMILES string of the molecule is O=C(ON(C1CC(CCc2ccc3c(n2)NCCC3)C1)[C@@H](CCO)C(=O)O)c1cc(F)cc(F)c1. The minimum atomic E-state index is -1.28. The van der Waals surface area contributed by atoms with Crippen molar-refractivity contribution in [2.75, 3.05) is 18.5 Å². The van der Waals surface area contributed by atoms with Crippen LogP contribution in [0.3, 0.4) is 0 Å². The van der Waals surface area contributed by atoms with Gasteiger partial charge in [0.1, 0.15) is 23.5 Å². The molecule has 0 spiro atoms. The monoisotopic (exact) mass is 489 g/mol. The minimum absolute atomic E-state index is 0.159. The molecule has 0 saturated heterocycles. The zero-order chi connectivity index (χ0) is 24.9. The first-order chi connectivity index (χ1) is 16.8. The molecule has 2 heterocycles. The van der Waals surface area contributed by atoms with Gasteiger partial charge in [0.05, 0.1) is 5.56 Å². The van der Waals surface area contributed by atoms with E-state index in [-0.39, 0.29) is 23.9 Å². The van der Waals surface area contributed by atoms with E-state index in [9.17, 15) is 28.6 Å². The molecule has 1 aromatic heterocycles. The van der Waals surface area contributed by atoms with Gasteiger partial charge in [0.15, 0.2) is 0 Å². The number of hydroxylamine groups is 2. The van der Waals surface area contributed by atoms with Gasteiger partial charge in [-0.1, -0.05) is 6.07 Å². The number of pyridine rings is 1. The van der Waals surface area contributed by atoms with Crippen molar-refractivity contribution in [3.63, 3.8) is 0 Å². The lowest BCUT2D eigenvalue weighted by atomic mass is 9.76. The summed E-state index contributed by atoms with van der Waals surface area (Å²) in [6, 6.07) is 4.77. The average Bonchev–Trinajstić information content (AvgIpc) is 2.79. The van der Waals surface area contributed by atoms with Crippen LogP contribution in [0.5, 0.6) is 0 Å². The Balaban J connectivity index is 1.39. The van der Waals surface area contributed by atoms with Crippen LogP contribution < -0.4 is 5.32 Å². The number of benzene rings is 1. The van der Waals surface area contributed by atoms with Gasteiger partial charge in [-0.05, 0) is 74.6 Å². The van der Waals surface area contributed by atoms with Crippen LogP contribution in [0, 0.1) is 17.6 Å². The molecular formula is C25H29F2N3O5. The zero-order valence-electron chi connectivity index (χ0n) is 19.3. The molecule has 10 heteroatoms. The van der Waals surface area contributed by atoms with E-state index in [1.165, 1.54) is 5.56 Å². The van der Waals surface area contributed by atoms with Crippen molar-refractivity contribution in [1.29, 1.82) is 0 Å². The maximum atomic E-state index is 13.5. The molecule has 0 radical (unpaired) electrons. The molecule has 188 valence electrons. The van der Waals surface area contributed by atoms with Crippen molar-refractivity contribution >= 4 is 17.8 Å². The summed E-state index contributed by atoms with van der Waals surface area (Å²) in [5.41, 5.74) is 1.85. The number of fused-ring (bicyclic) bond motifs is 1. The van der Waals surface area contributed by atoms with Crippen molar-refractivity contribution in [2.24, 2.45) is 5.92 Å². The maximum Gasteiger partial charge on any atom is 0.357 e. The third-order valence-corrected chi connectivity index (χ3v) is 6.61. The van der Waals surface area contributed by atoms with Crippen molar-refractivity contribution in [3.8, 4) is 0 Å². The minimum Gasteiger partial charge on any atom is -0.480 e. The number of carboxylic acid groups (broad SMARTS) is 1. The van der Waals surface area contributed by atoms with E-state index >= 15 is 0 Å². The Morgan fingerprint density at radius 1 is 1.20 bits per heavy atom. The van der Waals surface area contributed by atoms with Gasteiger partial charge in [-0.15, -0.1) is 5.06 Å². The molecule has 0 amide bonds. The molecule has 3 N–H and O–H groups in total. The predicted octanol–water partition coefficient (Wildman–Crippen LogP) is 3.34. The predicted molar refractivity (Wildman–Crippen MR) is 123 cm³/mol. The Bertz CT molecular complexity index is 1060. The number of halogens is 2. The van der Waals surface area contributed by atoms with Gasteiger partial charge in [0.25, 0.3) is 0 Å². The van der Waals surface area contributed by atoms with Gasteiger partial charge in [-0.3, -0.25) is 4.79 Å². The number of aliphatic hydroxyl groups excluding tert-OH is 1. The van der Waals surface area contributed by atoms with Gasteiger partial charge in [0, 0.05) is 31.0 Å². The third-order valence-electron chi connectivity index (χ3n) is 6.61. The number of aliphatic hydroxyl groups is 1. The Morgan fingerprint density at radius 3 is 2.63 bits per heavy atom. The Hall–Kier alpha value is -3.11. The van der Waals surface area contributed by atoms with Crippen molar-refractivity contribution in [3.05, 3.63) is 58.8 Å². The molecule has 2 aromatic rings. The lowest BCUT2D eigenvalue weighted by Crippen LogP contribution is -2.53. The zero-order valence-corrected chi connectivity index (χ0v) is 19.3. The number of hydrogen-bond donors (Lipinski definition) is 3. The lowest BCUT2D eigenvalue weighted by Gasteiger charge is -2.43. The van der Waals surface area contributed by atoms with Crippen molar-refractivity contribution in [1.82, 2.24) is 10.0 Å². The highest BCUT2D eigenvalue weighted by Crippen LogP contribution is 2.37. The fourth-order valence-corrected chi connectivity index (χ4v) is 4.70. The summed E-state index contributed by atoms with van der Waals surface area (Å²) < 4.78 is 27.1. The Morgan fingerprint density at radius 2 is 1.94 bits per heavy atom. The smallest absolute Gasteiger partial charge is 0.357 e. The van der Waals surface area contributed by atoms with E-state index in [0.717, 1.165) is 60.9 Å². The van der Waals surface area contributed by atoms with E-state index in [2.05, 4.69) is 11.4 Å². The van der Waals surface area contributed by atoms with Crippen LogP contribution in [-0.4, -0.2) is 57.4 Å². The molecule has 1 aliphatic heterocycles. The summed E-state index contributed by atoms with van der Waals surface area (Å²) in [4.78, 5) is 34.5. The van der Waals surface area contributed by atoms with Gasteiger partial charge >= 0.3 is 11.9 Å². The van der Waals surface area contributed by atoms with Crippen LogP contribution in [0.15, 0.2) is 30.3 Å². The number of nitrogens with zero attached hydrogens (tertiary/aromatic N) is 2. The first-order valence-electron chi connectivity index (χ1n) is 11.9. The summed E-state index contributed by atoms with van der Waals surface area (Å²) >= 11 is 0. The summed E-state index contributed by atoms with van der Waals surface area (Å²) in [6.07, 6.45) is 4.75. The molecule has 1 fully saturated rings. The first-order valence-corrected chi connectivity index (χ1v) is 11.9. The van der Waals surface area contributed by atoms with E-state index in [1.54, 1.807) is 0 Å². The van der Waals surface area contributed by atoms with Gasteiger partial charge in [0.2, 0.25) is 0 Å². The van der Waals surface area contributed by atoms with Crippen LogP contribution in [0.4, 0.5) is 14.6 Å². The summed E-state index contributed by atoms with van der Waals surface area (Å²) in [5.74, 6) is -2.97. The molecule has 35 heavy (non-hydrogen) atoms. The Labute approximate surface area is 201 Å². The van der Waals surface area contributed by atoms with E-state index in [1.807, 2.05) is 6.07 Å². The number of aliphatic carboxylic acids is 1. The molecule has 1 saturated carbocycles. The molecule has 2 aliphatic rings. The van der Waals surface area contributed by atoms with Crippen LogP contribution in [-0.2, 0) is 22.5 Å². The van der Waals surface area contributed by atoms with Gasteiger partial charge < -0.3 is 20.4 Å². The normalized spacial score (nSPS) is 19.9. The number of carbonyl (C=O) groups is 2. The van der Waals surface area contributed by atoms with Crippen molar-refractivity contribution in [2.45, 2.75) is 57.0 Å². The lowest BCUT2D eigenvalue weighted by molar-refractivity contribution is -0.204. The number of aromatic nitrogens is 1. The highest BCUT2D eigenvalue weighted by Gasteiger charge is 2.42. The molecule has 8 nitrogen and oxygen atoms in total. The highest BCUT2D eigenvalue weighted by atomic mass is 19.1. The largest absolute Gasteiger partial charge is 0.480 e. The summed E-state index contributed by atoms with van der Waals surface area (Å²) in [7, 11) is 0. The maximum absolute atomic E-state index is 13.5. The summed E-state index contributed by atoms with van der Waals surface area (Å²) in [5, 5.41) is 23.4. The second-order valence-corrected chi connectivity index (χ2v) is 9.13. The highest BCUT2D eigenvalue weighted by molar-refractivity contribution is 5.89. The van der Waals surface area contributed by atoms with Gasteiger partial charge in [-0.2, -0.15) is 0 Å². The van der Waals surface area contributed by atoms with Crippen LogP contribution in [0.1, 0.15) is 53.7 Å². The second kappa shape index (κ2) is 11.1. The number of nitrogens with one attached hydrogen (secondary N) is 1. The fourth-order valence-electron chi connectivity index (χ4n) is 4.70. The molecule has 0 bridgehead atoms. The number of anilines is 1. The number of carboxylic acids is 1. The van der Waals surface area contributed by atoms with Gasteiger partial charge in [-0.25, -0.2) is 18.6 Å². The van der Waals surface area contributed by atoms with Crippen molar-refractivity contribution < 1.29 is 33.4 Å². The first kappa shape index (κ1) is 25.0. The van der Waals surface area contributed by atoms with Crippen LogP contribution >= 0.6 is 0 Å². The average molecular weight is 490 g/mol. The standard InChI is InChI=1S/C25H29F2N3O5/c26-18-12-17(13-19(27)14-18)25(34)35-30(22(7-9-31)24(32)33)21-10-15(11-21)3-5-20-6-4-16-2-1-8-28-23(16)29-20/h4,6,12-15,21-22,31H,1-3,5,7-11H2,(H,28,29)(H,32,33)/t15?,21?,22-/m0/s1. The quantitative estimate of drug-likeness (QED) is 0.436. The number of aryl methyl sites for hydroxylation is 2. The van der Waals surface area contributed by atoms with Crippen LogP contribution in [0.25, 0.3) is 0 Å². The third kappa shape index (κ3) is 6.12. The Kier molecular flexibility index (Phi) is 7.92. The van der Waals surface area contributed by atoms with Crippen LogP contribution in [0.2, 0.25) is 0 Å². The molecule has 1 aromatic carbocycles. The second-order valence-electron chi connectivity index (χ2n) is 9.13. The summed E-state index contributed by atoms with van der Waals surface area (Å²) in [6.45, 7) is 0.497. The number of carbonyl (C=O) groups excluding carboxylic acids is 1. The topological polar surface area (TPSA) is 112 Å². The molecule has 1 atom stereocenters. The number of rotatable bonds is 10. The van der Waals surface area contributed by atoms with E-state index < -0.39 is 36.2 Å². The molecule has 1 aliphatic carbocycles. The van der Waals surface area contributed by atoms with E-state index in [0.29, 0.717) is 18.9 Å².